The largest absolute Gasteiger partial charge is 0.368 e. The summed E-state index contributed by atoms with van der Waals surface area (Å²) in [6.45, 7) is 1.75. The van der Waals surface area contributed by atoms with E-state index in [0.29, 0.717) is 11.5 Å². The van der Waals surface area contributed by atoms with Gasteiger partial charge >= 0.3 is 0 Å². The molecule has 0 amide bonds. The summed E-state index contributed by atoms with van der Waals surface area (Å²) in [6, 6.07) is 20.8. The molecule has 2 N–H and O–H groups in total. The Hall–Kier alpha value is -3.69. The number of pyridine rings is 1. The molecule has 32 heavy (non-hydrogen) atoms. The summed E-state index contributed by atoms with van der Waals surface area (Å²) in [5.41, 5.74) is 13.0. The molecule has 1 saturated heterocycles. The number of hydrogen-bond donors (Lipinski definition) is 1. The molecule has 6 nitrogen and oxygen atoms in total. The molecule has 158 valence electrons. The predicted molar refractivity (Wildman–Crippen MR) is 126 cm³/mol. The SMILES string of the molecule is N#Cc1ccc(-c2nc3c(N4CCC(N)C4)ccnc3n2-c2ccc(C3CC3)cc2)cc1. The lowest BCUT2D eigenvalue weighted by molar-refractivity contribution is 0.752. The quantitative estimate of drug-likeness (QED) is 0.530. The molecule has 0 radical (unpaired) electrons. The summed E-state index contributed by atoms with van der Waals surface area (Å²) < 4.78 is 2.13. The fourth-order valence-corrected chi connectivity index (χ4v) is 4.67. The number of nitrogens with zero attached hydrogens (tertiary/aromatic N) is 5. The van der Waals surface area contributed by atoms with Crippen molar-refractivity contribution in [1.82, 2.24) is 14.5 Å². The molecule has 6 rings (SSSR count). The Morgan fingerprint density at radius 3 is 2.41 bits per heavy atom. The van der Waals surface area contributed by atoms with Gasteiger partial charge in [-0.15, -0.1) is 0 Å². The van der Waals surface area contributed by atoms with Crippen molar-refractivity contribution in [3.63, 3.8) is 0 Å². The normalized spacial score (nSPS) is 18.2. The van der Waals surface area contributed by atoms with Crippen molar-refractivity contribution in [3.05, 3.63) is 71.9 Å². The highest BCUT2D eigenvalue weighted by Crippen LogP contribution is 2.40. The minimum Gasteiger partial charge on any atom is -0.368 e. The molecule has 2 fully saturated rings. The van der Waals surface area contributed by atoms with Crippen molar-refractivity contribution in [2.45, 2.75) is 31.2 Å². The van der Waals surface area contributed by atoms with Gasteiger partial charge in [-0.3, -0.25) is 4.57 Å². The van der Waals surface area contributed by atoms with Crippen LogP contribution < -0.4 is 10.6 Å². The Balaban J connectivity index is 1.55. The third-order valence-corrected chi connectivity index (χ3v) is 6.56. The standard InChI is InChI=1S/C26H24N6/c27-15-17-1-3-20(4-2-17)25-30-24-23(31-14-12-21(28)16-31)11-13-29-26(24)32(25)22-9-7-19(8-10-22)18-5-6-18/h1-4,7-11,13,18,21H,5-6,12,14,16,28H2. The van der Waals surface area contributed by atoms with Gasteiger partial charge in [0.2, 0.25) is 0 Å². The van der Waals surface area contributed by atoms with Crippen LogP contribution in [-0.4, -0.2) is 33.7 Å². The number of fused-ring (bicyclic) bond motifs is 1. The molecule has 3 heterocycles. The molecule has 0 bridgehead atoms. The zero-order valence-electron chi connectivity index (χ0n) is 17.8. The summed E-state index contributed by atoms with van der Waals surface area (Å²) in [4.78, 5) is 12.1. The number of benzene rings is 2. The molecular formula is C26H24N6. The van der Waals surface area contributed by atoms with Gasteiger partial charge in [-0.05, 0) is 73.2 Å². The van der Waals surface area contributed by atoms with E-state index >= 15 is 0 Å². The van der Waals surface area contributed by atoms with E-state index in [4.69, 9.17) is 15.7 Å². The number of aromatic nitrogens is 3. The molecule has 1 aliphatic carbocycles. The van der Waals surface area contributed by atoms with Crippen molar-refractivity contribution < 1.29 is 0 Å². The minimum atomic E-state index is 0.188. The number of nitriles is 1. The van der Waals surface area contributed by atoms with Crippen molar-refractivity contribution >= 4 is 16.9 Å². The lowest BCUT2D eigenvalue weighted by Crippen LogP contribution is -2.26. The van der Waals surface area contributed by atoms with Crippen molar-refractivity contribution in [2.24, 2.45) is 5.73 Å². The van der Waals surface area contributed by atoms with Crippen LogP contribution in [0.5, 0.6) is 0 Å². The van der Waals surface area contributed by atoms with Crippen LogP contribution >= 0.6 is 0 Å². The Labute approximate surface area is 186 Å². The van der Waals surface area contributed by atoms with Gasteiger partial charge in [0.15, 0.2) is 5.65 Å². The second-order valence-corrected chi connectivity index (χ2v) is 8.82. The van der Waals surface area contributed by atoms with Gasteiger partial charge in [0.25, 0.3) is 0 Å². The van der Waals surface area contributed by atoms with E-state index in [1.165, 1.54) is 18.4 Å². The van der Waals surface area contributed by atoms with E-state index in [1.807, 2.05) is 36.5 Å². The van der Waals surface area contributed by atoms with E-state index in [-0.39, 0.29) is 6.04 Å². The minimum absolute atomic E-state index is 0.188. The molecule has 1 atom stereocenters. The Morgan fingerprint density at radius 1 is 0.969 bits per heavy atom. The highest BCUT2D eigenvalue weighted by atomic mass is 15.2. The van der Waals surface area contributed by atoms with Gasteiger partial charge in [-0.2, -0.15) is 5.26 Å². The average molecular weight is 421 g/mol. The molecule has 4 aromatic rings. The maximum absolute atomic E-state index is 9.20. The van der Waals surface area contributed by atoms with E-state index in [9.17, 15) is 5.26 Å². The predicted octanol–water partition coefficient (Wildman–Crippen LogP) is 4.37. The molecule has 2 aromatic carbocycles. The topological polar surface area (TPSA) is 83.8 Å². The second kappa shape index (κ2) is 7.47. The first kappa shape index (κ1) is 19.0. The fraction of sp³-hybridized carbons (Fsp3) is 0.269. The molecule has 1 aliphatic heterocycles. The van der Waals surface area contributed by atoms with E-state index in [1.54, 1.807) is 0 Å². The van der Waals surface area contributed by atoms with Crippen LogP contribution in [0.4, 0.5) is 5.69 Å². The van der Waals surface area contributed by atoms with Gasteiger partial charge in [-0.25, -0.2) is 9.97 Å². The maximum atomic E-state index is 9.20. The van der Waals surface area contributed by atoms with Gasteiger partial charge in [0, 0.05) is 36.6 Å². The van der Waals surface area contributed by atoms with E-state index in [2.05, 4.69) is 39.8 Å². The third-order valence-electron chi connectivity index (χ3n) is 6.56. The highest BCUT2D eigenvalue weighted by molar-refractivity contribution is 5.90. The van der Waals surface area contributed by atoms with Crippen LogP contribution in [0, 0.1) is 11.3 Å². The van der Waals surface area contributed by atoms with Crippen LogP contribution in [0.2, 0.25) is 0 Å². The molecule has 0 spiro atoms. The monoisotopic (exact) mass is 420 g/mol. The van der Waals surface area contributed by atoms with Crippen molar-refractivity contribution in [3.8, 4) is 23.1 Å². The second-order valence-electron chi connectivity index (χ2n) is 8.82. The van der Waals surface area contributed by atoms with Gasteiger partial charge in [0.05, 0.1) is 17.3 Å². The van der Waals surface area contributed by atoms with Crippen LogP contribution in [0.3, 0.4) is 0 Å². The van der Waals surface area contributed by atoms with E-state index < -0.39 is 0 Å². The molecule has 2 aliphatic rings. The van der Waals surface area contributed by atoms with Gasteiger partial charge in [-0.1, -0.05) is 12.1 Å². The smallest absolute Gasteiger partial charge is 0.167 e. The molecular weight excluding hydrogens is 396 g/mol. The number of imidazole rings is 1. The number of anilines is 1. The molecule has 1 saturated carbocycles. The first-order chi connectivity index (χ1) is 15.7. The summed E-state index contributed by atoms with van der Waals surface area (Å²) in [6.07, 6.45) is 5.41. The first-order valence-electron chi connectivity index (χ1n) is 11.2. The van der Waals surface area contributed by atoms with Crippen LogP contribution in [0.25, 0.3) is 28.2 Å². The Kier molecular flexibility index (Phi) is 4.44. The lowest BCUT2D eigenvalue weighted by Gasteiger charge is -2.18. The number of rotatable bonds is 4. The fourth-order valence-electron chi connectivity index (χ4n) is 4.67. The Morgan fingerprint density at radius 2 is 1.75 bits per heavy atom. The number of hydrogen-bond acceptors (Lipinski definition) is 5. The highest BCUT2D eigenvalue weighted by Gasteiger charge is 2.26. The summed E-state index contributed by atoms with van der Waals surface area (Å²) in [7, 11) is 0. The zero-order valence-corrected chi connectivity index (χ0v) is 17.8. The maximum Gasteiger partial charge on any atom is 0.167 e. The van der Waals surface area contributed by atoms with Crippen LogP contribution in [0.1, 0.15) is 36.3 Å². The van der Waals surface area contributed by atoms with Crippen LogP contribution in [-0.2, 0) is 0 Å². The first-order valence-corrected chi connectivity index (χ1v) is 11.2. The van der Waals surface area contributed by atoms with Crippen LogP contribution in [0.15, 0.2) is 60.8 Å². The van der Waals surface area contributed by atoms with E-state index in [0.717, 1.165) is 53.4 Å². The van der Waals surface area contributed by atoms with Crippen molar-refractivity contribution in [1.29, 1.82) is 5.26 Å². The zero-order chi connectivity index (χ0) is 21.7. The molecule has 2 aromatic heterocycles. The number of nitrogens with two attached hydrogens (primary N) is 1. The third kappa shape index (κ3) is 3.22. The van der Waals surface area contributed by atoms with Gasteiger partial charge < -0.3 is 10.6 Å². The summed E-state index contributed by atoms with van der Waals surface area (Å²) in [5, 5.41) is 9.20. The van der Waals surface area contributed by atoms with Crippen molar-refractivity contribution in [2.75, 3.05) is 18.0 Å². The van der Waals surface area contributed by atoms with Gasteiger partial charge in [0.1, 0.15) is 11.3 Å². The molecule has 6 heteroatoms. The summed E-state index contributed by atoms with van der Waals surface area (Å²) in [5.74, 6) is 1.54. The Bertz CT molecular complexity index is 1330. The molecule has 1 unspecified atom stereocenters. The summed E-state index contributed by atoms with van der Waals surface area (Å²) >= 11 is 0. The average Bonchev–Trinajstić information content (AvgIpc) is 3.48. The lowest BCUT2D eigenvalue weighted by atomic mass is 10.1.